The van der Waals surface area contributed by atoms with Gasteiger partial charge in [0.2, 0.25) is 0 Å². The van der Waals surface area contributed by atoms with Gasteiger partial charge >= 0.3 is 6.61 Å². The number of hydrogen-bond acceptors (Lipinski definition) is 3. The lowest BCUT2D eigenvalue weighted by Crippen LogP contribution is -2.37. The van der Waals surface area contributed by atoms with Gasteiger partial charge in [0.1, 0.15) is 5.75 Å². The van der Waals surface area contributed by atoms with E-state index in [0.717, 1.165) is 37.7 Å². The van der Waals surface area contributed by atoms with E-state index in [1.54, 1.807) is 19.2 Å². The highest BCUT2D eigenvalue weighted by atomic mass is 127. The third kappa shape index (κ3) is 8.98. The zero-order chi connectivity index (χ0) is 18.1. The van der Waals surface area contributed by atoms with Crippen LogP contribution in [0.25, 0.3) is 0 Å². The first-order valence-corrected chi connectivity index (χ1v) is 8.65. The van der Waals surface area contributed by atoms with Crippen molar-refractivity contribution in [1.82, 2.24) is 10.6 Å². The molecule has 0 bridgehead atoms. The van der Waals surface area contributed by atoms with Crippen LogP contribution in [0.2, 0.25) is 0 Å². The van der Waals surface area contributed by atoms with Gasteiger partial charge in [-0.2, -0.15) is 8.78 Å². The van der Waals surface area contributed by atoms with Gasteiger partial charge in [0.15, 0.2) is 5.96 Å². The van der Waals surface area contributed by atoms with Crippen LogP contribution in [0.5, 0.6) is 5.75 Å². The molecular formula is C18H28F2IN3O2. The molecule has 0 aliphatic heterocycles. The Morgan fingerprint density at radius 3 is 2.73 bits per heavy atom. The van der Waals surface area contributed by atoms with E-state index in [4.69, 9.17) is 4.74 Å². The standard InChI is InChI=1S/C18H27F2N3O2.HI/c1-13-4-7-16(25-17(19)20)15(10-13)11-23-18(21-2)22-8-3-9-24-12-14-5-6-14;/h4,7,10,14,17H,3,5-6,8-9,11-12H2,1-2H3,(H2,21,22,23);1H. The first-order chi connectivity index (χ1) is 12.1. The van der Waals surface area contributed by atoms with Crippen molar-refractivity contribution in [3.63, 3.8) is 0 Å². The molecule has 0 atom stereocenters. The second kappa shape index (κ2) is 12.3. The minimum Gasteiger partial charge on any atom is -0.434 e. The molecular weight excluding hydrogens is 455 g/mol. The smallest absolute Gasteiger partial charge is 0.387 e. The van der Waals surface area contributed by atoms with Gasteiger partial charge in [0.25, 0.3) is 0 Å². The van der Waals surface area contributed by atoms with E-state index in [1.807, 2.05) is 13.0 Å². The first-order valence-electron chi connectivity index (χ1n) is 8.65. The number of alkyl halides is 2. The summed E-state index contributed by atoms with van der Waals surface area (Å²) in [4.78, 5) is 4.14. The second-order valence-corrected chi connectivity index (χ2v) is 6.21. The Bertz CT molecular complexity index is 569. The van der Waals surface area contributed by atoms with Crippen molar-refractivity contribution in [2.45, 2.75) is 39.3 Å². The summed E-state index contributed by atoms with van der Waals surface area (Å²) in [6, 6.07) is 5.13. The lowest BCUT2D eigenvalue weighted by molar-refractivity contribution is -0.0504. The Kier molecular flexibility index (Phi) is 10.8. The molecule has 0 saturated heterocycles. The third-order valence-electron chi connectivity index (χ3n) is 3.91. The monoisotopic (exact) mass is 483 g/mol. The molecule has 2 N–H and O–H groups in total. The van der Waals surface area contributed by atoms with Crippen LogP contribution < -0.4 is 15.4 Å². The molecule has 2 rings (SSSR count). The van der Waals surface area contributed by atoms with Gasteiger partial charge in [-0.1, -0.05) is 17.7 Å². The molecule has 1 saturated carbocycles. The fraction of sp³-hybridized carbons (Fsp3) is 0.611. The molecule has 1 aliphatic rings. The van der Waals surface area contributed by atoms with E-state index < -0.39 is 6.61 Å². The maximum Gasteiger partial charge on any atom is 0.387 e. The van der Waals surface area contributed by atoms with Gasteiger partial charge in [-0.15, -0.1) is 24.0 Å². The topological polar surface area (TPSA) is 54.9 Å². The third-order valence-corrected chi connectivity index (χ3v) is 3.91. The molecule has 5 nitrogen and oxygen atoms in total. The zero-order valence-corrected chi connectivity index (χ0v) is 17.6. The summed E-state index contributed by atoms with van der Waals surface area (Å²) in [7, 11) is 1.67. The lowest BCUT2D eigenvalue weighted by atomic mass is 10.1. The van der Waals surface area contributed by atoms with Crippen LogP contribution in [0.4, 0.5) is 8.78 Å². The largest absolute Gasteiger partial charge is 0.434 e. The minimum absolute atomic E-state index is 0. The molecule has 0 aromatic heterocycles. The number of nitrogens with zero attached hydrogens (tertiary/aromatic N) is 1. The van der Waals surface area contributed by atoms with E-state index in [9.17, 15) is 8.78 Å². The van der Waals surface area contributed by atoms with E-state index in [0.29, 0.717) is 18.1 Å². The SMILES string of the molecule is CN=C(NCCCOCC1CC1)NCc1cc(C)ccc1OC(F)F.I. The molecule has 8 heteroatoms. The maximum atomic E-state index is 12.5. The molecule has 26 heavy (non-hydrogen) atoms. The number of benzene rings is 1. The molecule has 1 aromatic carbocycles. The van der Waals surface area contributed by atoms with Gasteiger partial charge in [-0.05, 0) is 38.2 Å². The highest BCUT2D eigenvalue weighted by Gasteiger charge is 2.20. The average Bonchev–Trinajstić information content (AvgIpc) is 3.39. The summed E-state index contributed by atoms with van der Waals surface area (Å²) in [5, 5.41) is 6.31. The normalized spacial score (nSPS) is 14.1. The predicted octanol–water partition coefficient (Wildman–Crippen LogP) is 3.70. The number of rotatable bonds is 10. The number of halogens is 3. The number of aryl methyl sites for hydroxylation is 1. The van der Waals surface area contributed by atoms with Gasteiger partial charge in [-0.25, -0.2) is 0 Å². The van der Waals surface area contributed by atoms with Crippen LogP contribution in [0.15, 0.2) is 23.2 Å². The van der Waals surface area contributed by atoms with Crippen LogP contribution in [0.3, 0.4) is 0 Å². The Labute approximate surface area is 171 Å². The molecule has 0 amide bonds. The Hall–Kier alpha value is -1.16. The fourth-order valence-electron chi connectivity index (χ4n) is 2.37. The second-order valence-electron chi connectivity index (χ2n) is 6.21. The lowest BCUT2D eigenvalue weighted by Gasteiger charge is -2.15. The maximum absolute atomic E-state index is 12.5. The first kappa shape index (κ1) is 22.9. The predicted molar refractivity (Wildman–Crippen MR) is 110 cm³/mol. The molecule has 0 spiro atoms. The summed E-state index contributed by atoms with van der Waals surface area (Å²) < 4.78 is 35.1. The number of guanidine groups is 1. The van der Waals surface area contributed by atoms with Crippen LogP contribution >= 0.6 is 24.0 Å². The molecule has 0 heterocycles. The van der Waals surface area contributed by atoms with Crippen molar-refractivity contribution in [2.24, 2.45) is 10.9 Å². The van der Waals surface area contributed by atoms with Gasteiger partial charge < -0.3 is 20.1 Å². The molecule has 1 aromatic rings. The van der Waals surface area contributed by atoms with E-state index in [1.165, 1.54) is 12.8 Å². The minimum atomic E-state index is -2.84. The summed E-state index contributed by atoms with van der Waals surface area (Å²) in [6.07, 6.45) is 3.48. The van der Waals surface area contributed by atoms with E-state index >= 15 is 0 Å². The molecule has 148 valence electrons. The zero-order valence-electron chi connectivity index (χ0n) is 15.3. The number of aliphatic imine (C=N–C) groups is 1. The molecule has 1 fully saturated rings. The fourth-order valence-corrected chi connectivity index (χ4v) is 2.37. The Morgan fingerprint density at radius 1 is 1.31 bits per heavy atom. The summed E-state index contributed by atoms with van der Waals surface area (Å²) in [5.41, 5.74) is 1.64. The van der Waals surface area contributed by atoms with Crippen molar-refractivity contribution in [2.75, 3.05) is 26.8 Å². The highest BCUT2D eigenvalue weighted by Crippen LogP contribution is 2.28. The van der Waals surface area contributed by atoms with Crippen molar-refractivity contribution in [1.29, 1.82) is 0 Å². The van der Waals surface area contributed by atoms with Gasteiger partial charge in [0.05, 0.1) is 0 Å². The van der Waals surface area contributed by atoms with Crippen LogP contribution in [0, 0.1) is 12.8 Å². The van der Waals surface area contributed by atoms with E-state index in [-0.39, 0.29) is 29.7 Å². The summed E-state index contributed by atoms with van der Waals surface area (Å²) >= 11 is 0. The van der Waals surface area contributed by atoms with Crippen LogP contribution in [-0.2, 0) is 11.3 Å². The average molecular weight is 483 g/mol. The summed E-state index contributed by atoms with van der Waals surface area (Å²) in [6.45, 7) is 1.75. The van der Waals surface area contributed by atoms with Crippen LogP contribution in [0.1, 0.15) is 30.4 Å². The summed E-state index contributed by atoms with van der Waals surface area (Å²) in [5.74, 6) is 1.57. The van der Waals surface area contributed by atoms with Gasteiger partial charge in [-0.3, -0.25) is 4.99 Å². The van der Waals surface area contributed by atoms with Crippen molar-refractivity contribution < 1.29 is 18.3 Å². The highest BCUT2D eigenvalue weighted by molar-refractivity contribution is 14.0. The van der Waals surface area contributed by atoms with Crippen molar-refractivity contribution in [3.05, 3.63) is 29.3 Å². The van der Waals surface area contributed by atoms with Gasteiger partial charge in [0, 0.05) is 38.9 Å². The van der Waals surface area contributed by atoms with Crippen molar-refractivity contribution in [3.8, 4) is 5.75 Å². The van der Waals surface area contributed by atoms with E-state index in [2.05, 4.69) is 20.4 Å². The quantitative estimate of drug-likeness (QED) is 0.231. The number of ether oxygens (including phenoxy) is 2. The molecule has 1 aliphatic carbocycles. The van der Waals surface area contributed by atoms with Crippen molar-refractivity contribution >= 4 is 29.9 Å². The molecule has 0 radical (unpaired) electrons. The molecule has 0 unspecified atom stereocenters. The number of hydrogen-bond donors (Lipinski definition) is 2. The Morgan fingerprint density at radius 2 is 2.08 bits per heavy atom. The number of nitrogens with one attached hydrogen (secondary N) is 2. The Balaban J connectivity index is 0.00000338. The van der Waals surface area contributed by atoms with Crippen LogP contribution in [-0.4, -0.2) is 39.4 Å².